The third-order valence-corrected chi connectivity index (χ3v) is 3.96. The molecule has 6 heteroatoms. The summed E-state index contributed by atoms with van der Waals surface area (Å²) in [6.45, 7) is 1.01. The molecule has 6 nitrogen and oxygen atoms in total. The van der Waals surface area contributed by atoms with Crippen molar-refractivity contribution in [2.45, 2.75) is 0 Å². The highest BCUT2D eigenvalue weighted by atomic mass is 16.5. The van der Waals surface area contributed by atoms with E-state index in [2.05, 4.69) is 15.6 Å². The van der Waals surface area contributed by atoms with Gasteiger partial charge >= 0.3 is 0 Å². The Morgan fingerprint density at radius 2 is 1.81 bits per heavy atom. The Labute approximate surface area is 152 Å². The number of fused-ring (bicyclic) bond motifs is 1. The lowest BCUT2D eigenvalue weighted by Crippen LogP contribution is -2.29. The average Bonchev–Trinajstić information content (AvgIpc) is 2.70. The molecule has 2 aromatic carbocycles. The van der Waals surface area contributed by atoms with Crippen LogP contribution in [-0.4, -0.2) is 38.2 Å². The quantitative estimate of drug-likeness (QED) is 0.640. The van der Waals surface area contributed by atoms with Crippen molar-refractivity contribution in [3.8, 4) is 11.5 Å². The normalized spacial score (nSPS) is 10.4. The summed E-state index contributed by atoms with van der Waals surface area (Å²) in [4.78, 5) is 16.9. The van der Waals surface area contributed by atoms with Crippen molar-refractivity contribution in [1.29, 1.82) is 0 Å². The summed E-state index contributed by atoms with van der Waals surface area (Å²) in [6, 6.07) is 17.1. The van der Waals surface area contributed by atoms with Gasteiger partial charge in [0, 0.05) is 18.5 Å². The van der Waals surface area contributed by atoms with Crippen LogP contribution in [0.25, 0.3) is 10.9 Å². The molecule has 0 spiro atoms. The lowest BCUT2D eigenvalue weighted by molar-refractivity contribution is 0.0951. The summed E-state index contributed by atoms with van der Waals surface area (Å²) >= 11 is 0. The molecule has 0 unspecified atom stereocenters. The summed E-state index contributed by atoms with van der Waals surface area (Å²) in [5.41, 5.74) is 1.37. The number of hydrogen-bond donors (Lipinski definition) is 2. The van der Waals surface area contributed by atoms with Gasteiger partial charge in [0.05, 0.1) is 25.3 Å². The highest BCUT2D eigenvalue weighted by Crippen LogP contribution is 2.30. The molecule has 134 valence electrons. The van der Waals surface area contributed by atoms with Gasteiger partial charge in [-0.3, -0.25) is 4.79 Å². The Kier molecular flexibility index (Phi) is 5.53. The third kappa shape index (κ3) is 3.85. The van der Waals surface area contributed by atoms with Gasteiger partial charge < -0.3 is 20.1 Å². The van der Waals surface area contributed by atoms with E-state index in [9.17, 15) is 4.79 Å². The van der Waals surface area contributed by atoms with Gasteiger partial charge in [0.25, 0.3) is 5.91 Å². The average molecular weight is 351 g/mol. The first-order valence-electron chi connectivity index (χ1n) is 8.32. The fourth-order valence-corrected chi connectivity index (χ4v) is 2.69. The highest BCUT2D eigenvalue weighted by molar-refractivity contribution is 5.97. The summed E-state index contributed by atoms with van der Waals surface area (Å²) < 4.78 is 10.5. The van der Waals surface area contributed by atoms with Gasteiger partial charge in [-0.15, -0.1) is 0 Å². The zero-order valence-electron chi connectivity index (χ0n) is 14.8. The number of hydrogen-bond acceptors (Lipinski definition) is 5. The Morgan fingerprint density at radius 1 is 0.962 bits per heavy atom. The molecular formula is C20H21N3O3. The SMILES string of the molecule is COc1cccc(C(=O)NCCNc2ccc3ccccc3n2)c1OC. The molecule has 0 bridgehead atoms. The number of pyridine rings is 1. The molecule has 1 heterocycles. The largest absolute Gasteiger partial charge is 0.493 e. The van der Waals surface area contributed by atoms with Gasteiger partial charge in [0.1, 0.15) is 5.82 Å². The molecule has 0 saturated heterocycles. The van der Waals surface area contributed by atoms with Crippen LogP contribution in [0, 0.1) is 0 Å². The van der Waals surface area contributed by atoms with E-state index in [1.165, 1.54) is 7.11 Å². The molecule has 0 aliphatic rings. The fourth-order valence-electron chi connectivity index (χ4n) is 2.69. The predicted molar refractivity (Wildman–Crippen MR) is 102 cm³/mol. The molecule has 1 amide bonds. The maximum absolute atomic E-state index is 12.4. The number of para-hydroxylation sites is 2. The molecule has 3 rings (SSSR count). The van der Waals surface area contributed by atoms with Crippen molar-refractivity contribution in [2.75, 3.05) is 32.6 Å². The van der Waals surface area contributed by atoms with E-state index in [0.29, 0.717) is 30.2 Å². The van der Waals surface area contributed by atoms with Crippen LogP contribution in [0.4, 0.5) is 5.82 Å². The van der Waals surface area contributed by atoms with Crippen molar-refractivity contribution in [3.63, 3.8) is 0 Å². The van der Waals surface area contributed by atoms with E-state index in [4.69, 9.17) is 9.47 Å². The number of anilines is 1. The maximum Gasteiger partial charge on any atom is 0.255 e. The second-order valence-electron chi connectivity index (χ2n) is 5.61. The van der Waals surface area contributed by atoms with Crippen LogP contribution in [0.2, 0.25) is 0 Å². The Balaban J connectivity index is 1.57. The molecule has 0 aliphatic heterocycles. The maximum atomic E-state index is 12.4. The lowest BCUT2D eigenvalue weighted by atomic mass is 10.1. The lowest BCUT2D eigenvalue weighted by Gasteiger charge is -2.13. The summed E-state index contributed by atoms with van der Waals surface area (Å²) in [7, 11) is 3.06. The van der Waals surface area contributed by atoms with Gasteiger partial charge in [-0.05, 0) is 30.3 Å². The van der Waals surface area contributed by atoms with Crippen LogP contribution in [-0.2, 0) is 0 Å². The highest BCUT2D eigenvalue weighted by Gasteiger charge is 2.15. The minimum absolute atomic E-state index is 0.214. The van der Waals surface area contributed by atoms with Crippen LogP contribution < -0.4 is 20.1 Å². The molecule has 0 aliphatic carbocycles. The summed E-state index contributed by atoms with van der Waals surface area (Å²) in [5.74, 6) is 1.52. The van der Waals surface area contributed by atoms with Crippen molar-refractivity contribution < 1.29 is 14.3 Å². The number of methoxy groups -OCH3 is 2. The van der Waals surface area contributed by atoms with Crippen molar-refractivity contribution in [3.05, 3.63) is 60.2 Å². The van der Waals surface area contributed by atoms with Crippen LogP contribution in [0.5, 0.6) is 11.5 Å². The molecule has 3 aromatic rings. The second-order valence-corrected chi connectivity index (χ2v) is 5.61. The zero-order chi connectivity index (χ0) is 18.4. The number of benzene rings is 2. The molecular weight excluding hydrogens is 330 g/mol. The monoisotopic (exact) mass is 351 g/mol. The van der Waals surface area contributed by atoms with Crippen LogP contribution >= 0.6 is 0 Å². The van der Waals surface area contributed by atoms with Crippen molar-refractivity contribution in [1.82, 2.24) is 10.3 Å². The first kappa shape index (κ1) is 17.5. The molecule has 2 N–H and O–H groups in total. The van der Waals surface area contributed by atoms with E-state index >= 15 is 0 Å². The number of nitrogens with one attached hydrogen (secondary N) is 2. The van der Waals surface area contributed by atoms with Crippen LogP contribution in [0.15, 0.2) is 54.6 Å². The Hall–Kier alpha value is -3.28. The molecule has 0 fully saturated rings. The van der Waals surface area contributed by atoms with Crippen LogP contribution in [0.3, 0.4) is 0 Å². The number of rotatable bonds is 7. The number of carbonyl (C=O) groups is 1. The standard InChI is InChI=1S/C20H21N3O3/c1-25-17-9-5-7-15(19(17)26-2)20(24)22-13-12-21-18-11-10-14-6-3-4-8-16(14)23-18/h3-11H,12-13H2,1-2H3,(H,21,23)(H,22,24). The second kappa shape index (κ2) is 8.20. The first-order chi connectivity index (χ1) is 12.7. The predicted octanol–water partition coefficient (Wildman–Crippen LogP) is 3.09. The molecule has 0 radical (unpaired) electrons. The van der Waals surface area contributed by atoms with Gasteiger partial charge in [0.15, 0.2) is 11.5 Å². The van der Waals surface area contributed by atoms with E-state index in [0.717, 1.165) is 16.7 Å². The first-order valence-corrected chi connectivity index (χ1v) is 8.32. The topological polar surface area (TPSA) is 72.5 Å². The van der Waals surface area contributed by atoms with Crippen LogP contribution in [0.1, 0.15) is 10.4 Å². The number of carbonyl (C=O) groups excluding carboxylic acids is 1. The Morgan fingerprint density at radius 3 is 2.62 bits per heavy atom. The molecule has 0 saturated carbocycles. The Bertz CT molecular complexity index is 912. The number of aromatic nitrogens is 1. The fraction of sp³-hybridized carbons (Fsp3) is 0.200. The summed E-state index contributed by atoms with van der Waals surface area (Å²) in [5, 5.41) is 7.17. The minimum atomic E-state index is -0.214. The minimum Gasteiger partial charge on any atom is -0.493 e. The zero-order valence-corrected chi connectivity index (χ0v) is 14.8. The van der Waals surface area contributed by atoms with Gasteiger partial charge in [-0.2, -0.15) is 0 Å². The van der Waals surface area contributed by atoms with Gasteiger partial charge in [-0.1, -0.05) is 24.3 Å². The summed E-state index contributed by atoms with van der Waals surface area (Å²) in [6.07, 6.45) is 0. The number of amides is 1. The number of ether oxygens (including phenoxy) is 2. The van der Waals surface area contributed by atoms with Gasteiger partial charge in [0.2, 0.25) is 0 Å². The van der Waals surface area contributed by atoms with E-state index in [-0.39, 0.29) is 5.91 Å². The molecule has 1 aromatic heterocycles. The third-order valence-electron chi connectivity index (χ3n) is 3.96. The van der Waals surface area contributed by atoms with Crippen molar-refractivity contribution in [2.24, 2.45) is 0 Å². The molecule has 0 atom stereocenters. The van der Waals surface area contributed by atoms with E-state index < -0.39 is 0 Å². The van der Waals surface area contributed by atoms with E-state index in [1.807, 2.05) is 36.4 Å². The van der Waals surface area contributed by atoms with E-state index in [1.54, 1.807) is 25.3 Å². The van der Waals surface area contributed by atoms with Crippen molar-refractivity contribution >= 4 is 22.6 Å². The number of nitrogens with zero attached hydrogens (tertiary/aromatic N) is 1. The molecule has 26 heavy (non-hydrogen) atoms. The van der Waals surface area contributed by atoms with Gasteiger partial charge in [-0.25, -0.2) is 4.98 Å². The smallest absolute Gasteiger partial charge is 0.255 e.